The summed E-state index contributed by atoms with van der Waals surface area (Å²) in [6.45, 7) is 14.3. The fraction of sp³-hybridized carbons (Fsp3) is 0.900. The number of hydrogen-bond acceptors (Lipinski definition) is 3. The third-order valence-corrected chi connectivity index (χ3v) is 13.2. The van der Waals surface area contributed by atoms with Gasteiger partial charge in [-0.2, -0.15) is 0 Å². The van der Waals surface area contributed by atoms with Gasteiger partial charge in [0.15, 0.2) is 0 Å². The van der Waals surface area contributed by atoms with E-state index in [4.69, 9.17) is 0 Å². The molecule has 4 fully saturated rings. The number of allylic oxidation sites excluding steroid dienone is 2. The second-order valence-electron chi connectivity index (χ2n) is 14.9. The van der Waals surface area contributed by atoms with Crippen molar-refractivity contribution in [3.05, 3.63) is 11.6 Å². The molecule has 192 valence electrons. The van der Waals surface area contributed by atoms with E-state index < -0.39 is 22.9 Å². The maximum absolute atomic E-state index is 12.8. The number of carboxylic acid groups (broad SMARTS) is 1. The first-order valence-corrected chi connectivity index (χ1v) is 13.9. The van der Waals surface area contributed by atoms with E-state index in [1.54, 1.807) is 0 Å². The predicted octanol–water partition coefficient (Wildman–Crippen LogP) is 6.21. The van der Waals surface area contributed by atoms with Gasteiger partial charge >= 0.3 is 5.97 Å². The van der Waals surface area contributed by atoms with Crippen molar-refractivity contribution in [2.24, 2.45) is 50.2 Å². The lowest BCUT2D eigenvalue weighted by molar-refractivity contribution is -0.216. The van der Waals surface area contributed by atoms with Crippen LogP contribution in [0.25, 0.3) is 0 Å². The molecule has 3 N–H and O–H groups in total. The van der Waals surface area contributed by atoms with Crippen LogP contribution in [0.2, 0.25) is 0 Å². The van der Waals surface area contributed by atoms with Crippen LogP contribution in [0.3, 0.4) is 0 Å². The van der Waals surface area contributed by atoms with Crippen LogP contribution in [0.1, 0.15) is 106 Å². The molecule has 5 rings (SSSR count). The smallest absolute Gasteiger partial charge is 0.310 e. The molecule has 0 amide bonds. The number of rotatable bonds is 2. The van der Waals surface area contributed by atoms with E-state index in [9.17, 15) is 20.1 Å². The molecule has 4 heteroatoms. The van der Waals surface area contributed by atoms with Gasteiger partial charge in [-0.15, -0.1) is 0 Å². The summed E-state index contributed by atoms with van der Waals surface area (Å²) in [4.78, 5) is 12.8. The Morgan fingerprint density at radius 3 is 2.26 bits per heavy atom. The van der Waals surface area contributed by atoms with Crippen molar-refractivity contribution in [3.63, 3.8) is 0 Å². The molecule has 0 heterocycles. The minimum atomic E-state index is -0.588. The summed E-state index contributed by atoms with van der Waals surface area (Å²) >= 11 is 0. The van der Waals surface area contributed by atoms with Crippen LogP contribution >= 0.6 is 0 Å². The third kappa shape index (κ3) is 2.88. The molecular weight excluding hydrogens is 424 g/mol. The fourth-order valence-corrected chi connectivity index (χ4v) is 10.7. The highest BCUT2D eigenvalue weighted by Crippen LogP contribution is 2.75. The summed E-state index contributed by atoms with van der Waals surface area (Å²) in [5.41, 5.74) is 0.858. The Morgan fingerprint density at radius 1 is 0.941 bits per heavy atom. The molecule has 5 aliphatic rings. The molecule has 9 atom stereocenters. The predicted molar refractivity (Wildman–Crippen MR) is 134 cm³/mol. The molecule has 0 radical (unpaired) electrons. The van der Waals surface area contributed by atoms with Crippen LogP contribution in [-0.2, 0) is 4.79 Å². The Kier molecular flexibility index (Phi) is 5.36. The Balaban J connectivity index is 1.60. The Hall–Kier alpha value is -0.870. The third-order valence-electron chi connectivity index (χ3n) is 13.2. The highest BCUT2D eigenvalue weighted by Gasteiger charge is 2.69. The number of aliphatic carboxylic acids is 1. The van der Waals surface area contributed by atoms with E-state index in [2.05, 4.69) is 47.6 Å². The molecular formula is C30H48O4. The van der Waals surface area contributed by atoms with Gasteiger partial charge < -0.3 is 15.3 Å². The van der Waals surface area contributed by atoms with Gasteiger partial charge in [0.1, 0.15) is 0 Å². The lowest BCUT2D eigenvalue weighted by Crippen LogP contribution is -2.65. The van der Waals surface area contributed by atoms with Crippen LogP contribution in [-0.4, -0.2) is 34.0 Å². The second-order valence-corrected chi connectivity index (χ2v) is 14.9. The van der Waals surface area contributed by atoms with Gasteiger partial charge in [0.05, 0.1) is 18.1 Å². The number of fused-ring (bicyclic) bond motifs is 7. The maximum atomic E-state index is 12.8. The van der Waals surface area contributed by atoms with Gasteiger partial charge in [0.2, 0.25) is 0 Å². The molecule has 0 aromatic heterocycles. The Bertz CT molecular complexity index is 907. The normalized spacial score (nSPS) is 54.1. The van der Waals surface area contributed by atoms with Crippen molar-refractivity contribution in [2.75, 3.05) is 6.61 Å². The Labute approximate surface area is 206 Å². The highest BCUT2D eigenvalue weighted by molar-refractivity contribution is 5.76. The largest absolute Gasteiger partial charge is 0.481 e. The van der Waals surface area contributed by atoms with Crippen molar-refractivity contribution in [2.45, 2.75) is 112 Å². The molecule has 0 saturated heterocycles. The highest BCUT2D eigenvalue weighted by atomic mass is 16.4. The van der Waals surface area contributed by atoms with Gasteiger partial charge in [-0.25, -0.2) is 0 Å². The average Bonchev–Trinajstić information content (AvgIpc) is 2.76. The van der Waals surface area contributed by atoms with Gasteiger partial charge in [0.25, 0.3) is 0 Å². The molecule has 0 aromatic carbocycles. The molecule has 34 heavy (non-hydrogen) atoms. The number of carboxylic acids is 1. The van der Waals surface area contributed by atoms with Crippen LogP contribution in [0.4, 0.5) is 0 Å². The quantitative estimate of drug-likeness (QED) is 0.418. The lowest BCUT2D eigenvalue weighted by Gasteiger charge is -2.71. The number of hydrogen-bond donors (Lipinski definition) is 3. The molecule has 5 aliphatic carbocycles. The number of aliphatic hydroxyl groups is 2. The van der Waals surface area contributed by atoms with Crippen molar-refractivity contribution < 1.29 is 20.1 Å². The van der Waals surface area contributed by atoms with E-state index >= 15 is 0 Å². The first-order valence-electron chi connectivity index (χ1n) is 13.9. The topological polar surface area (TPSA) is 77.8 Å². The molecule has 0 aliphatic heterocycles. The zero-order chi connectivity index (χ0) is 24.9. The standard InChI is InChI=1S/C30H48O4/c1-25(2)13-15-30(24(33)34)16-14-28(5)19(20(30)17-25)7-8-22-26(3)11-10-23(32)27(4,18-31)21(26)9-12-29(22,28)6/h7,20-23,31-32H,8-18H2,1-6H3,(H,33,34)/t20-,21+,22+,23+,26-,27-,28+,29+,30-/m0/s1. The summed E-state index contributed by atoms with van der Waals surface area (Å²) in [7, 11) is 0. The van der Waals surface area contributed by atoms with Gasteiger partial charge in [0, 0.05) is 5.41 Å². The average molecular weight is 473 g/mol. The van der Waals surface area contributed by atoms with Gasteiger partial charge in [-0.3, -0.25) is 4.79 Å². The SMILES string of the molecule is CC1(C)CC[C@]2(C(=O)O)CC[C@]3(C)C(=CC[C@@H]4[C@@]5(C)CC[C@@H](O)[C@@](C)(CO)[C@@H]5CC[C@]43C)[C@@H]2C1. The van der Waals surface area contributed by atoms with Crippen LogP contribution < -0.4 is 0 Å². The van der Waals surface area contributed by atoms with Crippen LogP contribution in [0.5, 0.6) is 0 Å². The first kappa shape index (κ1) is 24.8. The van der Waals surface area contributed by atoms with Crippen molar-refractivity contribution >= 4 is 5.97 Å². The van der Waals surface area contributed by atoms with E-state index in [0.717, 1.165) is 64.2 Å². The maximum Gasteiger partial charge on any atom is 0.310 e. The monoisotopic (exact) mass is 472 g/mol. The minimum Gasteiger partial charge on any atom is -0.481 e. The summed E-state index contributed by atoms with van der Waals surface area (Å²) < 4.78 is 0. The van der Waals surface area contributed by atoms with E-state index in [1.165, 1.54) is 5.57 Å². The minimum absolute atomic E-state index is 0.0204. The molecule has 4 nitrogen and oxygen atoms in total. The summed E-state index contributed by atoms with van der Waals surface area (Å²) in [6, 6.07) is 0. The summed E-state index contributed by atoms with van der Waals surface area (Å²) in [5, 5.41) is 31.8. The molecule has 0 bridgehead atoms. The molecule has 4 saturated carbocycles. The summed E-state index contributed by atoms with van der Waals surface area (Å²) in [5.74, 6) is 0.395. The van der Waals surface area contributed by atoms with Crippen LogP contribution in [0, 0.1) is 50.2 Å². The van der Waals surface area contributed by atoms with Crippen molar-refractivity contribution in [1.29, 1.82) is 0 Å². The molecule has 0 spiro atoms. The zero-order valence-electron chi connectivity index (χ0n) is 22.4. The van der Waals surface area contributed by atoms with Crippen molar-refractivity contribution in [3.8, 4) is 0 Å². The van der Waals surface area contributed by atoms with Crippen molar-refractivity contribution in [1.82, 2.24) is 0 Å². The fourth-order valence-electron chi connectivity index (χ4n) is 10.7. The van der Waals surface area contributed by atoms with E-state index in [1.807, 2.05) is 0 Å². The van der Waals surface area contributed by atoms with E-state index in [0.29, 0.717) is 11.8 Å². The molecule has 0 aromatic rings. The van der Waals surface area contributed by atoms with Gasteiger partial charge in [-0.05, 0) is 104 Å². The first-order chi connectivity index (χ1) is 15.7. The number of aliphatic hydroxyl groups excluding tert-OH is 2. The molecule has 0 unspecified atom stereocenters. The second kappa shape index (κ2) is 7.34. The zero-order valence-corrected chi connectivity index (χ0v) is 22.4. The van der Waals surface area contributed by atoms with Crippen LogP contribution in [0.15, 0.2) is 11.6 Å². The summed E-state index contributed by atoms with van der Waals surface area (Å²) in [6.07, 6.45) is 11.6. The lowest BCUT2D eigenvalue weighted by atomic mass is 9.33. The Morgan fingerprint density at radius 2 is 1.62 bits per heavy atom. The van der Waals surface area contributed by atoms with Gasteiger partial charge in [-0.1, -0.05) is 53.2 Å². The number of carbonyl (C=O) groups is 1. The van der Waals surface area contributed by atoms with E-state index in [-0.39, 0.29) is 34.2 Å².